The Kier molecular flexibility index (Phi) is 19.9. The van der Waals surface area contributed by atoms with E-state index in [1.807, 2.05) is 0 Å². The molecule has 4 aliphatic heterocycles. The van der Waals surface area contributed by atoms with Crippen LogP contribution in [0.15, 0.2) is 0 Å². The number of amides is 2. The molecule has 28 heteroatoms. The highest BCUT2D eigenvalue weighted by Crippen LogP contribution is 2.32. The van der Waals surface area contributed by atoms with E-state index in [1.165, 1.54) is 0 Å². The Morgan fingerprint density at radius 1 is 0.548 bits per heavy atom. The predicted molar refractivity (Wildman–Crippen MR) is 192 cm³/mol. The molecule has 4 heterocycles. The normalized spacial score (nSPS) is 43.6. The molecule has 0 spiro atoms. The first-order valence-corrected chi connectivity index (χ1v) is 19.5. The molecule has 4 aliphatic rings. The summed E-state index contributed by atoms with van der Waals surface area (Å²) < 4.78 is 44.6. The van der Waals surface area contributed by atoms with E-state index in [9.17, 15) is 91.3 Å². The van der Waals surface area contributed by atoms with Crippen LogP contribution in [0.5, 0.6) is 0 Å². The molecule has 62 heavy (non-hydrogen) atoms. The van der Waals surface area contributed by atoms with Gasteiger partial charge in [-0.1, -0.05) is 0 Å². The van der Waals surface area contributed by atoms with Crippen LogP contribution in [-0.4, -0.2) is 280 Å². The molecular weight excluding hydrogens is 852 g/mol. The lowest BCUT2D eigenvalue weighted by Gasteiger charge is -2.48. The van der Waals surface area contributed by atoms with Crippen LogP contribution in [0.3, 0.4) is 0 Å². The summed E-state index contributed by atoms with van der Waals surface area (Å²) in [7, 11) is 0. The minimum Gasteiger partial charge on any atom is -0.394 e. The van der Waals surface area contributed by atoms with Gasteiger partial charge in [0.2, 0.25) is 11.8 Å². The SMILES string of the molecule is CC(=O)N[C@@H](CO)[C@@H](O)[C@H](OC1O[C@H](CO)[C@@H](OC2O[C@H](COC3O[C@H](COC4O[C@H](CO)[C@@H](O)[C@H](O)[C@@H]4O)[C@@H](O)[C@H](O)[C@@H]3O)[C@@H](O)[C@H](O)[C@@H]2O)[C@H](O)[C@H]1NC(C)=O)[C@H](O)CO. The highest BCUT2D eigenvalue weighted by atomic mass is 16.8. The van der Waals surface area contributed by atoms with Crippen molar-refractivity contribution in [1.82, 2.24) is 10.6 Å². The second-order valence-corrected chi connectivity index (χ2v) is 15.3. The summed E-state index contributed by atoms with van der Waals surface area (Å²) in [6.45, 7) is -3.14. The third-order valence-electron chi connectivity index (χ3n) is 10.7. The number of ether oxygens (including phenoxy) is 8. The summed E-state index contributed by atoms with van der Waals surface area (Å²) in [6, 6.07) is -3.17. The van der Waals surface area contributed by atoms with Gasteiger partial charge < -0.3 is 130 Å². The fourth-order valence-electron chi connectivity index (χ4n) is 7.22. The van der Waals surface area contributed by atoms with Crippen LogP contribution in [-0.2, 0) is 47.5 Å². The minimum absolute atomic E-state index is 0.704. The maximum Gasteiger partial charge on any atom is 0.217 e. The van der Waals surface area contributed by atoms with Gasteiger partial charge in [0.1, 0.15) is 116 Å². The van der Waals surface area contributed by atoms with E-state index < -0.39 is 199 Å². The Morgan fingerprint density at radius 2 is 1.00 bits per heavy atom. The molecule has 28 nitrogen and oxygen atoms in total. The molecule has 24 atom stereocenters. The highest BCUT2D eigenvalue weighted by molar-refractivity contribution is 5.73. The van der Waals surface area contributed by atoms with Gasteiger partial charge in [-0.15, -0.1) is 0 Å². The van der Waals surface area contributed by atoms with Crippen LogP contribution in [0.2, 0.25) is 0 Å². The van der Waals surface area contributed by atoms with E-state index in [-0.39, 0.29) is 0 Å². The fourth-order valence-corrected chi connectivity index (χ4v) is 7.22. The molecule has 0 aliphatic carbocycles. The lowest BCUT2D eigenvalue weighted by Crippen LogP contribution is -2.68. The minimum atomic E-state index is -2.10. The van der Waals surface area contributed by atoms with E-state index in [1.54, 1.807) is 0 Å². The van der Waals surface area contributed by atoms with Crippen molar-refractivity contribution in [2.24, 2.45) is 0 Å². The van der Waals surface area contributed by atoms with Crippen molar-refractivity contribution < 1.29 is 129 Å². The Bertz CT molecular complexity index is 1390. The van der Waals surface area contributed by atoms with Crippen molar-refractivity contribution in [1.29, 1.82) is 0 Å². The van der Waals surface area contributed by atoms with Gasteiger partial charge in [0.15, 0.2) is 25.2 Å². The van der Waals surface area contributed by atoms with Crippen LogP contribution >= 0.6 is 0 Å². The Morgan fingerprint density at radius 3 is 1.45 bits per heavy atom. The van der Waals surface area contributed by atoms with E-state index in [4.69, 9.17) is 37.9 Å². The first-order chi connectivity index (χ1) is 29.2. The molecule has 0 bridgehead atoms. The standard InChI is InChI=1S/C34H60N2O26/c1-9(41)35-11(3-37)18(44)29(12(43)4-38)61-31-17(36-10(2)42)22(48)30(14(6-40)58-31)62-34-28(54)25(51)21(47)16(60-34)8-56-33-27(53)24(50)20(46)15(59-33)7-55-32-26(52)23(49)19(45)13(5-39)57-32/h11-34,37-40,43-54H,3-8H2,1-2H3,(H,35,41)(H,36,42)/t11-,12+,13+,14+,15+,16+,17+,18+,19+,20+,21+,22+,23-,24-,25-,26-,27-,28-,29+,30+,31?,32?,33?,34?/m0/s1. The molecule has 18 N–H and O–H groups in total. The number of nitrogens with one attached hydrogen (secondary N) is 2. The van der Waals surface area contributed by atoms with Crippen LogP contribution < -0.4 is 10.6 Å². The van der Waals surface area contributed by atoms with Crippen LogP contribution in [0.25, 0.3) is 0 Å². The fraction of sp³-hybridized carbons (Fsp3) is 0.941. The summed E-state index contributed by atoms with van der Waals surface area (Å²) in [5.41, 5.74) is 0. The van der Waals surface area contributed by atoms with Crippen LogP contribution in [0.4, 0.5) is 0 Å². The number of carbonyl (C=O) groups is 2. The molecular formula is C34H60N2O26. The maximum absolute atomic E-state index is 12.3. The average molecular weight is 913 g/mol. The summed E-state index contributed by atoms with van der Waals surface area (Å²) in [5, 5.41) is 171. The zero-order chi connectivity index (χ0) is 46.3. The van der Waals surface area contributed by atoms with Gasteiger partial charge >= 0.3 is 0 Å². The average Bonchev–Trinajstić information content (AvgIpc) is 3.24. The molecule has 4 unspecified atom stereocenters. The first-order valence-electron chi connectivity index (χ1n) is 19.5. The molecule has 0 radical (unpaired) electrons. The highest BCUT2D eigenvalue weighted by Gasteiger charge is 2.54. The second kappa shape index (κ2) is 23.4. The molecule has 4 saturated heterocycles. The van der Waals surface area contributed by atoms with Crippen molar-refractivity contribution in [2.45, 2.75) is 161 Å². The van der Waals surface area contributed by atoms with Crippen molar-refractivity contribution in [3.8, 4) is 0 Å². The lowest BCUT2D eigenvalue weighted by atomic mass is 9.95. The maximum atomic E-state index is 12.3. The largest absolute Gasteiger partial charge is 0.394 e. The topological polar surface area (TPSA) is 456 Å². The quantitative estimate of drug-likeness (QED) is 0.0572. The molecule has 0 saturated carbocycles. The zero-order valence-electron chi connectivity index (χ0n) is 33.3. The monoisotopic (exact) mass is 912 g/mol. The van der Waals surface area contributed by atoms with Gasteiger partial charge in [-0.25, -0.2) is 0 Å². The number of aliphatic hydroxyl groups excluding tert-OH is 16. The summed E-state index contributed by atoms with van der Waals surface area (Å²) in [6.07, 6.45) is -40.4. The number of hydrogen-bond acceptors (Lipinski definition) is 26. The van der Waals surface area contributed by atoms with Gasteiger partial charge in [0, 0.05) is 13.8 Å². The van der Waals surface area contributed by atoms with Gasteiger partial charge in [-0.05, 0) is 0 Å². The summed E-state index contributed by atoms with van der Waals surface area (Å²) >= 11 is 0. The molecule has 2 amide bonds. The summed E-state index contributed by atoms with van der Waals surface area (Å²) in [4.78, 5) is 23.9. The summed E-state index contributed by atoms with van der Waals surface area (Å²) in [5.74, 6) is -1.51. The van der Waals surface area contributed by atoms with E-state index in [0.717, 1.165) is 13.8 Å². The van der Waals surface area contributed by atoms with Crippen molar-refractivity contribution in [3.63, 3.8) is 0 Å². The lowest BCUT2D eigenvalue weighted by molar-refractivity contribution is -0.362. The van der Waals surface area contributed by atoms with Crippen molar-refractivity contribution in [3.05, 3.63) is 0 Å². The first kappa shape index (κ1) is 52.6. The van der Waals surface area contributed by atoms with E-state index in [0.29, 0.717) is 0 Å². The van der Waals surface area contributed by atoms with Gasteiger partial charge in [-0.3, -0.25) is 9.59 Å². The molecule has 4 fully saturated rings. The van der Waals surface area contributed by atoms with Gasteiger partial charge in [0.25, 0.3) is 0 Å². The van der Waals surface area contributed by atoms with E-state index in [2.05, 4.69) is 10.6 Å². The molecule has 0 aromatic heterocycles. The van der Waals surface area contributed by atoms with Crippen LogP contribution in [0.1, 0.15) is 13.8 Å². The van der Waals surface area contributed by atoms with Gasteiger partial charge in [-0.2, -0.15) is 0 Å². The molecule has 0 aromatic rings. The predicted octanol–water partition coefficient (Wildman–Crippen LogP) is -12.0. The Balaban J connectivity index is 1.46. The number of aliphatic hydroxyl groups is 16. The number of carbonyl (C=O) groups excluding carboxylic acids is 2. The molecule has 0 aromatic carbocycles. The van der Waals surface area contributed by atoms with Crippen LogP contribution in [0, 0.1) is 0 Å². The Hall–Kier alpha value is -2.02. The number of hydrogen-bond donors (Lipinski definition) is 18. The molecule has 362 valence electrons. The second-order valence-electron chi connectivity index (χ2n) is 15.3. The molecule has 4 rings (SSSR count). The van der Waals surface area contributed by atoms with Crippen molar-refractivity contribution >= 4 is 11.8 Å². The third-order valence-corrected chi connectivity index (χ3v) is 10.7. The Labute approximate surface area is 352 Å². The van der Waals surface area contributed by atoms with Gasteiger partial charge in [0.05, 0.1) is 45.7 Å². The third kappa shape index (κ3) is 12.2. The smallest absolute Gasteiger partial charge is 0.217 e. The zero-order valence-corrected chi connectivity index (χ0v) is 33.3. The van der Waals surface area contributed by atoms with Crippen molar-refractivity contribution in [2.75, 3.05) is 39.6 Å². The number of rotatable bonds is 19. The van der Waals surface area contributed by atoms with E-state index >= 15 is 0 Å².